The van der Waals surface area contributed by atoms with Crippen LogP contribution in [0.1, 0.15) is 46.5 Å². The third kappa shape index (κ3) is 9.34. The topological polar surface area (TPSA) is 46.5 Å². The maximum atomic E-state index is 11.0. The van der Waals surface area contributed by atoms with E-state index in [0.29, 0.717) is 6.42 Å². The second-order valence-electron chi connectivity index (χ2n) is 3.63. The lowest BCUT2D eigenvalue weighted by Gasteiger charge is -2.07. The van der Waals surface area contributed by atoms with Gasteiger partial charge in [0, 0.05) is 6.42 Å². The van der Waals surface area contributed by atoms with E-state index in [1.807, 2.05) is 13.8 Å². The molecule has 0 bridgehead atoms. The molecule has 1 unspecified atom stereocenters. The standard InChI is InChI=1S/C10H20O3/c1-8(2)13-10(12)7-5-4-6-9(3)11/h8-9,11H,4-7H2,1-3H3. The van der Waals surface area contributed by atoms with E-state index >= 15 is 0 Å². The van der Waals surface area contributed by atoms with Gasteiger partial charge in [-0.1, -0.05) is 6.42 Å². The Morgan fingerprint density at radius 3 is 2.38 bits per heavy atom. The minimum Gasteiger partial charge on any atom is -0.463 e. The van der Waals surface area contributed by atoms with Crippen LogP contribution >= 0.6 is 0 Å². The summed E-state index contributed by atoms with van der Waals surface area (Å²) in [5, 5.41) is 8.95. The van der Waals surface area contributed by atoms with Gasteiger partial charge in [0.2, 0.25) is 0 Å². The number of carbonyl (C=O) groups is 1. The summed E-state index contributed by atoms with van der Waals surface area (Å²) in [6.45, 7) is 5.44. The first kappa shape index (κ1) is 12.4. The third-order valence-electron chi connectivity index (χ3n) is 1.62. The zero-order valence-electron chi connectivity index (χ0n) is 8.75. The summed E-state index contributed by atoms with van der Waals surface area (Å²) in [4.78, 5) is 11.0. The van der Waals surface area contributed by atoms with Gasteiger partial charge in [-0.3, -0.25) is 4.79 Å². The molecule has 0 saturated heterocycles. The van der Waals surface area contributed by atoms with Crippen molar-refractivity contribution < 1.29 is 14.6 Å². The summed E-state index contributed by atoms with van der Waals surface area (Å²) in [5.41, 5.74) is 0. The molecule has 0 spiro atoms. The molecule has 1 N–H and O–H groups in total. The van der Waals surface area contributed by atoms with E-state index in [1.165, 1.54) is 0 Å². The Balaban J connectivity index is 3.27. The highest BCUT2D eigenvalue weighted by Gasteiger charge is 2.05. The lowest BCUT2D eigenvalue weighted by molar-refractivity contribution is -0.147. The number of aliphatic hydroxyl groups excluding tert-OH is 1. The minimum absolute atomic E-state index is 0.0238. The summed E-state index contributed by atoms with van der Waals surface area (Å²) in [5.74, 6) is -0.138. The summed E-state index contributed by atoms with van der Waals surface area (Å²) in [7, 11) is 0. The molecule has 13 heavy (non-hydrogen) atoms. The molecule has 0 aliphatic rings. The summed E-state index contributed by atoms with van der Waals surface area (Å²) in [6.07, 6.45) is 2.62. The van der Waals surface area contributed by atoms with Crippen molar-refractivity contribution in [3.63, 3.8) is 0 Å². The van der Waals surface area contributed by atoms with Crippen LogP contribution < -0.4 is 0 Å². The van der Waals surface area contributed by atoms with Crippen molar-refractivity contribution in [3.8, 4) is 0 Å². The van der Waals surface area contributed by atoms with E-state index in [-0.39, 0.29) is 18.2 Å². The molecule has 0 fully saturated rings. The van der Waals surface area contributed by atoms with Crippen LogP contribution in [0, 0.1) is 0 Å². The van der Waals surface area contributed by atoms with Crippen LogP contribution in [0.3, 0.4) is 0 Å². The van der Waals surface area contributed by atoms with Gasteiger partial charge in [-0.15, -0.1) is 0 Å². The molecule has 0 aliphatic carbocycles. The first-order valence-corrected chi connectivity index (χ1v) is 4.90. The van der Waals surface area contributed by atoms with E-state index in [0.717, 1.165) is 19.3 Å². The monoisotopic (exact) mass is 188 g/mol. The Labute approximate surface area is 80.1 Å². The molecule has 0 heterocycles. The fourth-order valence-corrected chi connectivity index (χ4v) is 1.03. The number of rotatable bonds is 6. The predicted octanol–water partition coefficient (Wildman–Crippen LogP) is 1.88. The molecule has 0 aromatic rings. The van der Waals surface area contributed by atoms with Gasteiger partial charge in [0.25, 0.3) is 0 Å². The van der Waals surface area contributed by atoms with Crippen molar-refractivity contribution in [2.24, 2.45) is 0 Å². The van der Waals surface area contributed by atoms with E-state index in [4.69, 9.17) is 9.84 Å². The van der Waals surface area contributed by atoms with Crippen LogP contribution in [0.25, 0.3) is 0 Å². The number of ether oxygens (including phenoxy) is 1. The highest BCUT2D eigenvalue weighted by Crippen LogP contribution is 2.05. The lowest BCUT2D eigenvalue weighted by Crippen LogP contribution is -2.11. The third-order valence-corrected chi connectivity index (χ3v) is 1.62. The first-order chi connectivity index (χ1) is 6.02. The number of esters is 1. The van der Waals surface area contributed by atoms with Crippen molar-refractivity contribution in [1.29, 1.82) is 0 Å². The van der Waals surface area contributed by atoms with Crippen molar-refractivity contribution in [2.75, 3.05) is 0 Å². The Morgan fingerprint density at radius 2 is 1.92 bits per heavy atom. The Kier molecular flexibility index (Phi) is 6.59. The molecule has 0 aromatic carbocycles. The maximum absolute atomic E-state index is 11.0. The van der Waals surface area contributed by atoms with Crippen LogP contribution in [-0.4, -0.2) is 23.3 Å². The van der Waals surface area contributed by atoms with Crippen LogP contribution in [0.15, 0.2) is 0 Å². The van der Waals surface area contributed by atoms with E-state index in [2.05, 4.69) is 0 Å². The van der Waals surface area contributed by atoms with Crippen LogP contribution in [0.5, 0.6) is 0 Å². The number of hydrogen-bond acceptors (Lipinski definition) is 3. The zero-order valence-corrected chi connectivity index (χ0v) is 8.75. The average molecular weight is 188 g/mol. The molecule has 0 aliphatic heterocycles. The summed E-state index contributed by atoms with van der Waals surface area (Å²) < 4.78 is 4.96. The van der Waals surface area contributed by atoms with E-state index < -0.39 is 0 Å². The molecule has 3 nitrogen and oxygen atoms in total. The number of unbranched alkanes of at least 4 members (excludes halogenated alkanes) is 1. The van der Waals surface area contributed by atoms with Gasteiger partial charge < -0.3 is 9.84 Å². The Bertz CT molecular complexity index is 141. The molecule has 3 heteroatoms. The number of hydrogen-bond donors (Lipinski definition) is 1. The minimum atomic E-state index is -0.263. The highest BCUT2D eigenvalue weighted by atomic mass is 16.5. The fourth-order valence-electron chi connectivity index (χ4n) is 1.03. The van der Waals surface area contributed by atoms with Crippen LogP contribution in [0.4, 0.5) is 0 Å². The molecule has 78 valence electrons. The molecular weight excluding hydrogens is 168 g/mol. The first-order valence-electron chi connectivity index (χ1n) is 4.90. The van der Waals surface area contributed by atoms with E-state index in [9.17, 15) is 4.79 Å². The van der Waals surface area contributed by atoms with Gasteiger partial charge in [-0.05, 0) is 33.6 Å². The Morgan fingerprint density at radius 1 is 1.31 bits per heavy atom. The quantitative estimate of drug-likeness (QED) is 0.511. The SMILES string of the molecule is CC(O)CCCCC(=O)OC(C)C. The van der Waals surface area contributed by atoms with Crippen molar-refractivity contribution in [2.45, 2.75) is 58.7 Å². The molecule has 0 rings (SSSR count). The predicted molar refractivity (Wildman–Crippen MR) is 51.4 cm³/mol. The zero-order chi connectivity index (χ0) is 10.3. The lowest BCUT2D eigenvalue weighted by atomic mass is 10.1. The van der Waals surface area contributed by atoms with Crippen molar-refractivity contribution in [3.05, 3.63) is 0 Å². The van der Waals surface area contributed by atoms with Gasteiger partial charge >= 0.3 is 5.97 Å². The van der Waals surface area contributed by atoms with Crippen molar-refractivity contribution >= 4 is 5.97 Å². The summed E-state index contributed by atoms with van der Waals surface area (Å²) >= 11 is 0. The average Bonchev–Trinajstić information content (AvgIpc) is 1.96. The normalized spacial score (nSPS) is 13.0. The van der Waals surface area contributed by atoms with Crippen LogP contribution in [-0.2, 0) is 9.53 Å². The van der Waals surface area contributed by atoms with Gasteiger partial charge in [0.15, 0.2) is 0 Å². The molecular formula is C10H20O3. The molecule has 0 radical (unpaired) electrons. The smallest absolute Gasteiger partial charge is 0.306 e. The van der Waals surface area contributed by atoms with E-state index in [1.54, 1.807) is 6.92 Å². The van der Waals surface area contributed by atoms with Crippen LogP contribution in [0.2, 0.25) is 0 Å². The molecule has 0 aromatic heterocycles. The fraction of sp³-hybridized carbons (Fsp3) is 0.900. The second-order valence-corrected chi connectivity index (χ2v) is 3.63. The number of carbonyl (C=O) groups excluding carboxylic acids is 1. The highest BCUT2D eigenvalue weighted by molar-refractivity contribution is 5.69. The second kappa shape index (κ2) is 6.89. The largest absolute Gasteiger partial charge is 0.463 e. The summed E-state index contributed by atoms with van der Waals surface area (Å²) in [6, 6.07) is 0. The van der Waals surface area contributed by atoms with Gasteiger partial charge in [-0.25, -0.2) is 0 Å². The Hall–Kier alpha value is -0.570. The maximum Gasteiger partial charge on any atom is 0.306 e. The van der Waals surface area contributed by atoms with Gasteiger partial charge in [-0.2, -0.15) is 0 Å². The molecule has 0 saturated carbocycles. The van der Waals surface area contributed by atoms with Gasteiger partial charge in [0.05, 0.1) is 12.2 Å². The molecule has 0 amide bonds. The van der Waals surface area contributed by atoms with Gasteiger partial charge in [0.1, 0.15) is 0 Å². The molecule has 1 atom stereocenters. The van der Waals surface area contributed by atoms with Crippen molar-refractivity contribution in [1.82, 2.24) is 0 Å². The number of aliphatic hydroxyl groups is 1.